The van der Waals surface area contributed by atoms with Gasteiger partial charge in [0.15, 0.2) is 0 Å². The molecule has 0 radical (unpaired) electrons. The maximum Gasteiger partial charge on any atom is 0.244 e. The lowest BCUT2D eigenvalue weighted by Gasteiger charge is -2.17. The highest BCUT2D eigenvalue weighted by Gasteiger charge is 2.32. The van der Waals surface area contributed by atoms with Crippen LogP contribution in [-0.4, -0.2) is 35.6 Å². The molecule has 1 heterocycles. The quantitative estimate of drug-likeness (QED) is 0.533. The smallest absolute Gasteiger partial charge is 0.244 e. The molecular weight excluding hydrogens is 196 g/mol. The van der Waals surface area contributed by atoms with Gasteiger partial charge < -0.3 is 10.4 Å². The molecule has 0 spiro atoms. The van der Waals surface area contributed by atoms with Crippen molar-refractivity contribution in [3.8, 4) is 0 Å². The fraction of sp³-hybridized carbons (Fsp3) is 0.800. The van der Waals surface area contributed by atoms with E-state index in [0.29, 0.717) is 6.54 Å². The molecular formula is C10H16N2O3. The van der Waals surface area contributed by atoms with E-state index in [0.717, 1.165) is 19.3 Å². The molecule has 5 heteroatoms. The Morgan fingerprint density at radius 1 is 1.40 bits per heavy atom. The Bertz CT molecular complexity index is 280. The minimum Gasteiger partial charge on any atom is -0.393 e. The molecule has 0 bridgehead atoms. The lowest BCUT2D eigenvalue weighted by atomic mass is 10.1. The summed E-state index contributed by atoms with van der Waals surface area (Å²) in [6.45, 7) is 0.618. The van der Waals surface area contributed by atoms with Crippen molar-refractivity contribution in [3.63, 3.8) is 0 Å². The zero-order valence-electron chi connectivity index (χ0n) is 8.53. The molecule has 3 unspecified atom stereocenters. The average molecular weight is 212 g/mol. The topological polar surface area (TPSA) is 78.4 Å². The van der Waals surface area contributed by atoms with Gasteiger partial charge in [-0.25, -0.2) is 0 Å². The summed E-state index contributed by atoms with van der Waals surface area (Å²) in [7, 11) is 0. The Morgan fingerprint density at radius 3 is 2.73 bits per heavy atom. The number of carbonyl (C=O) groups is 2. The molecule has 15 heavy (non-hydrogen) atoms. The van der Waals surface area contributed by atoms with E-state index in [-0.39, 0.29) is 30.3 Å². The number of aliphatic hydroxyl groups excluding tert-OH is 1. The van der Waals surface area contributed by atoms with E-state index in [2.05, 4.69) is 10.6 Å². The monoisotopic (exact) mass is 212 g/mol. The van der Waals surface area contributed by atoms with Crippen molar-refractivity contribution >= 4 is 11.8 Å². The summed E-state index contributed by atoms with van der Waals surface area (Å²) in [5.41, 5.74) is 0. The van der Waals surface area contributed by atoms with Gasteiger partial charge in [0.05, 0.1) is 18.6 Å². The van der Waals surface area contributed by atoms with E-state index in [1.54, 1.807) is 0 Å². The zero-order chi connectivity index (χ0) is 10.8. The molecule has 84 valence electrons. The second-order valence-corrected chi connectivity index (χ2v) is 4.34. The first kappa shape index (κ1) is 10.6. The van der Waals surface area contributed by atoms with Gasteiger partial charge in [-0.2, -0.15) is 0 Å². The van der Waals surface area contributed by atoms with Crippen molar-refractivity contribution < 1.29 is 14.7 Å². The van der Waals surface area contributed by atoms with E-state index in [1.807, 2.05) is 0 Å². The number of rotatable bonds is 3. The second kappa shape index (κ2) is 4.28. The minimum absolute atomic E-state index is 0.218. The maximum atomic E-state index is 11.2. The van der Waals surface area contributed by atoms with Crippen LogP contribution in [0.2, 0.25) is 0 Å². The number of imide groups is 1. The Balaban J connectivity index is 1.78. The molecule has 0 aromatic carbocycles. The van der Waals surface area contributed by atoms with Crippen LogP contribution >= 0.6 is 0 Å². The molecule has 2 fully saturated rings. The first-order valence-electron chi connectivity index (χ1n) is 5.42. The number of nitrogens with one attached hydrogen (secondary N) is 2. The van der Waals surface area contributed by atoms with Crippen molar-refractivity contribution in [2.45, 2.75) is 37.8 Å². The van der Waals surface area contributed by atoms with Crippen molar-refractivity contribution in [2.75, 3.05) is 6.54 Å². The highest BCUT2D eigenvalue weighted by Crippen LogP contribution is 2.24. The Hall–Kier alpha value is -0.940. The Labute approximate surface area is 88.2 Å². The van der Waals surface area contributed by atoms with Crippen LogP contribution in [0.4, 0.5) is 0 Å². The van der Waals surface area contributed by atoms with Crippen molar-refractivity contribution in [3.05, 3.63) is 0 Å². The fourth-order valence-corrected chi connectivity index (χ4v) is 2.27. The third-order valence-corrected chi connectivity index (χ3v) is 3.21. The van der Waals surface area contributed by atoms with Crippen LogP contribution < -0.4 is 10.6 Å². The van der Waals surface area contributed by atoms with Crippen LogP contribution in [0.3, 0.4) is 0 Å². The highest BCUT2D eigenvalue weighted by atomic mass is 16.3. The fourth-order valence-electron chi connectivity index (χ4n) is 2.27. The van der Waals surface area contributed by atoms with E-state index in [4.69, 9.17) is 0 Å². The van der Waals surface area contributed by atoms with Crippen LogP contribution in [0.5, 0.6) is 0 Å². The molecule has 2 rings (SSSR count). The summed E-state index contributed by atoms with van der Waals surface area (Å²) >= 11 is 0. The Morgan fingerprint density at radius 2 is 2.20 bits per heavy atom. The standard InChI is InChI=1S/C10H16N2O3/c13-8-3-1-2-6(8)5-11-7-4-9(14)12-10(7)15/h6-8,11,13H,1-5H2,(H,12,14,15). The van der Waals surface area contributed by atoms with Gasteiger partial charge in [0.1, 0.15) is 0 Å². The third-order valence-electron chi connectivity index (χ3n) is 3.21. The van der Waals surface area contributed by atoms with Crippen LogP contribution in [0.25, 0.3) is 0 Å². The van der Waals surface area contributed by atoms with Crippen LogP contribution in [-0.2, 0) is 9.59 Å². The Kier molecular flexibility index (Phi) is 3.02. The SMILES string of the molecule is O=C1CC(NCC2CCCC2O)C(=O)N1. The lowest BCUT2D eigenvalue weighted by molar-refractivity contribution is -0.125. The number of aliphatic hydroxyl groups is 1. The van der Waals surface area contributed by atoms with Gasteiger partial charge in [-0.15, -0.1) is 0 Å². The average Bonchev–Trinajstić information content (AvgIpc) is 2.70. The number of amides is 2. The van der Waals surface area contributed by atoms with E-state index >= 15 is 0 Å². The second-order valence-electron chi connectivity index (χ2n) is 4.34. The summed E-state index contributed by atoms with van der Waals surface area (Å²) in [5.74, 6) is -0.231. The molecule has 1 saturated heterocycles. The first-order chi connectivity index (χ1) is 7.16. The summed E-state index contributed by atoms with van der Waals surface area (Å²) < 4.78 is 0. The molecule has 2 amide bonds. The van der Waals surface area contributed by atoms with Crippen molar-refractivity contribution in [1.82, 2.24) is 10.6 Å². The van der Waals surface area contributed by atoms with Crippen LogP contribution in [0.1, 0.15) is 25.7 Å². The molecule has 3 N–H and O–H groups in total. The molecule has 5 nitrogen and oxygen atoms in total. The molecule has 1 aliphatic carbocycles. The molecule has 1 aliphatic heterocycles. The predicted octanol–water partition coefficient (Wildman–Crippen LogP) is -0.848. The lowest BCUT2D eigenvalue weighted by Crippen LogP contribution is -2.40. The largest absolute Gasteiger partial charge is 0.393 e. The minimum atomic E-state index is -0.398. The normalized spacial score (nSPS) is 35.9. The highest BCUT2D eigenvalue weighted by molar-refractivity contribution is 6.05. The molecule has 0 aromatic rings. The molecule has 0 aromatic heterocycles. The number of hydrogen-bond donors (Lipinski definition) is 3. The summed E-state index contributed by atoms with van der Waals surface area (Å²) in [6.07, 6.45) is 2.86. The summed E-state index contributed by atoms with van der Waals surface area (Å²) in [6, 6.07) is -0.398. The summed E-state index contributed by atoms with van der Waals surface area (Å²) in [5, 5.41) is 14.9. The number of hydrogen-bond acceptors (Lipinski definition) is 4. The third kappa shape index (κ3) is 2.35. The molecule has 1 saturated carbocycles. The molecule has 3 atom stereocenters. The van der Waals surface area contributed by atoms with Gasteiger partial charge in [-0.3, -0.25) is 14.9 Å². The maximum absolute atomic E-state index is 11.2. The van der Waals surface area contributed by atoms with Crippen LogP contribution in [0.15, 0.2) is 0 Å². The molecule has 2 aliphatic rings. The van der Waals surface area contributed by atoms with Gasteiger partial charge in [0.25, 0.3) is 0 Å². The van der Waals surface area contributed by atoms with Crippen molar-refractivity contribution in [1.29, 1.82) is 0 Å². The predicted molar refractivity (Wildman–Crippen MR) is 52.9 cm³/mol. The van der Waals surface area contributed by atoms with Gasteiger partial charge in [-0.05, 0) is 18.8 Å². The van der Waals surface area contributed by atoms with Crippen LogP contribution in [0, 0.1) is 5.92 Å². The zero-order valence-corrected chi connectivity index (χ0v) is 8.53. The number of carbonyl (C=O) groups excluding carboxylic acids is 2. The van der Waals surface area contributed by atoms with Gasteiger partial charge in [-0.1, -0.05) is 6.42 Å². The van der Waals surface area contributed by atoms with E-state index in [1.165, 1.54) is 0 Å². The first-order valence-corrected chi connectivity index (χ1v) is 5.42. The van der Waals surface area contributed by atoms with E-state index < -0.39 is 6.04 Å². The van der Waals surface area contributed by atoms with E-state index in [9.17, 15) is 14.7 Å². The van der Waals surface area contributed by atoms with Gasteiger partial charge >= 0.3 is 0 Å². The van der Waals surface area contributed by atoms with Crippen molar-refractivity contribution in [2.24, 2.45) is 5.92 Å². The van der Waals surface area contributed by atoms with Gasteiger partial charge in [0, 0.05) is 6.54 Å². The van der Waals surface area contributed by atoms with Gasteiger partial charge in [0.2, 0.25) is 11.8 Å². The summed E-state index contributed by atoms with van der Waals surface area (Å²) in [4.78, 5) is 22.1.